The molecule has 33 heavy (non-hydrogen) atoms. The molecule has 2 atom stereocenters. The molecule has 2 unspecified atom stereocenters. The molecule has 0 aromatic heterocycles. The number of hydrogen-bond donors (Lipinski definition) is 2. The summed E-state index contributed by atoms with van der Waals surface area (Å²) in [6.45, 7) is 0.784. The Balaban J connectivity index is 0.000000200. The quantitative estimate of drug-likeness (QED) is 0.402. The van der Waals surface area contributed by atoms with E-state index in [9.17, 15) is 13.2 Å². The van der Waals surface area contributed by atoms with Crippen LogP contribution < -0.4 is 5.73 Å². The molecule has 1 heterocycles. The molecule has 0 spiro atoms. The predicted molar refractivity (Wildman–Crippen MR) is 128 cm³/mol. The van der Waals surface area contributed by atoms with Crippen molar-refractivity contribution in [2.75, 3.05) is 6.61 Å². The highest BCUT2D eigenvalue weighted by Crippen LogP contribution is 2.40. The van der Waals surface area contributed by atoms with E-state index < -0.39 is 11.7 Å². The summed E-state index contributed by atoms with van der Waals surface area (Å²) in [5.41, 5.74) is 11.4. The van der Waals surface area contributed by atoms with E-state index in [4.69, 9.17) is 10.5 Å². The third kappa shape index (κ3) is 5.81. The molecule has 0 saturated carbocycles. The Morgan fingerprint density at radius 1 is 0.818 bits per heavy atom. The van der Waals surface area contributed by atoms with Crippen LogP contribution in [0.3, 0.4) is 0 Å². The number of hydrogen-bond acceptors (Lipinski definition) is 3. The highest BCUT2D eigenvalue weighted by molar-refractivity contribution is 7.80. The molecule has 0 radical (unpaired) electrons. The fourth-order valence-corrected chi connectivity index (χ4v) is 4.85. The van der Waals surface area contributed by atoms with E-state index in [0.717, 1.165) is 44.4 Å². The lowest BCUT2D eigenvalue weighted by atomic mass is 9.81. The first-order chi connectivity index (χ1) is 15.8. The number of ether oxygens (including phenoxy) is 1. The molecule has 6 heteroatoms. The molecule has 3 aromatic rings. The van der Waals surface area contributed by atoms with Gasteiger partial charge in [0.2, 0.25) is 0 Å². The lowest BCUT2D eigenvalue weighted by Gasteiger charge is -2.34. The van der Waals surface area contributed by atoms with E-state index in [2.05, 4.69) is 61.2 Å². The van der Waals surface area contributed by atoms with Gasteiger partial charge in [0.25, 0.3) is 0 Å². The van der Waals surface area contributed by atoms with Crippen LogP contribution in [0.1, 0.15) is 46.6 Å². The topological polar surface area (TPSA) is 35.2 Å². The molecule has 2 N–H and O–H groups in total. The fourth-order valence-electron chi connectivity index (χ4n) is 4.71. The van der Waals surface area contributed by atoms with Crippen molar-refractivity contribution in [2.45, 2.75) is 54.8 Å². The fraction of sp³-hybridized carbons (Fsp3) is 0.333. The molecule has 2 aliphatic rings. The van der Waals surface area contributed by atoms with Gasteiger partial charge >= 0.3 is 6.18 Å². The van der Waals surface area contributed by atoms with Gasteiger partial charge in [-0.05, 0) is 72.2 Å². The second kappa shape index (κ2) is 10.3. The molecule has 0 amide bonds. The summed E-state index contributed by atoms with van der Waals surface area (Å²) in [7, 11) is 0. The van der Waals surface area contributed by atoms with Crippen LogP contribution in [-0.2, 0) is 23.8 Å². The highest BCUT2D eigenvalue weighted by atomic mass is 32.1. The van der Waals surface area contributed by atoms with E-state index >= 15 is 0 Å². The van der Waals surface area contributed by atoms with Crippen molar-refractivity contribution in [1.82, 2.24) is 0 Å². The third-order valence-corrected chi connectivity index (χ3v) is 6.66. The van der Waals surface area contributed by atoms with Crippen LogP contribution in [0.15, 0.2) is 77.7 Å². The van der Waals surface area contributed by atoms with Crippen LogP contribution in [0.4, 0.5) is 13.2 Å². The van der Waals surface area contributed by atoms with Crippen LogP contribution in [-0.4, -0.2) is 18.8 Å². The van der Waals surface area contributed by atoms with Gasteiger partial charge in [-0.15, -0.1) is 12.6 Å². The molecule has 0 bridgehead atoms. The summed E-state index contributed by atoms with van der Waals surface area (Å²) in [4.78, 5) is 0.526. The maximum Gasteiger partial charge on any atom is 0.416 e. The lowest BCUT2D eigenvalue weighted by molar-refractivity contribution is -0.137. The van der Waals surface area contributed by atoms with E-state index in [1.54, 1.807) is 0 Å². The molecule has 5 rings (SSSR count). The zero-order chi connectivity index (χ0) is 23.4. The SMILES string of the molecule is FC(F)(F)c1ccc(S)cc1.NC1CCOC(C2c3ccccc3CCc3ccccc32)C1. The van der Waals surface area contributed by atoms with E-state index in [1.807, 2.05) is 0 Å². The Morgan fingerprint density at radius 3 is 1.88 bits per heavy atom. The second-order valence-electron chi connectivity index (χ2n) is 8.61. The molecular weight excluding hydrogens is 443 g/mol. The minimum atomic E-state index is -4.25. The lowest BCUT2D eigenvalue weighted by Crippen LogP contribution is -2.38. The zero-order valence-corrected chi connectivity index (χ0v) is 19.2. The Labute approximate surface area is 198 Å². The van der Waals surface area contributed by atoms with Gasteiger partial charge < -0.3 is 10.5 Å². The van der Waals surface area contributed by atoms with Crippen LogP contribution in [0.25, 0.3) is 0 Å². The number of benzene rings is 3. The van der Waals surface area contributed by atoms with Gasteiger partial charge in [-0.1, -0.05) is 48.5 Å². The Bertz CT molecular complexity index is 1020. The van der Waals surface area contributed by atoms with Crippen LogP contribution in [0.2, 0.25) is 0 Å². The van der Waals surface area contributed by atoms with Crippen molar-refractivity contribution in [1.29, 1.82) is 0 Å². The Morgan fingerprint density at radius 2 is 1.36 bits per heavy atom. The third-order valence-electron chi connectivity index (χ3n) is 6.37. The van der Waals surface area contributed by atoms with Crippen LogP contribution in [0.5, 0.6) is 0 Å². The number of rotatable bonds is 1. The zero-order valence-electron chi connectivity index (χ0n) is 18.3. The molecule has 1 aliphatic carbocycles. The molecule has 174 valence electrons. The van der Waals surface area contributed by atoms with Gasteiger partial charge in [-0.2, -0.15) is 13.2 Å². The summed E-state index contributed by atoms with van der Waals surface area (Å²) < 4.78 is 41.9. The van der Waals surface area contributed by atoms with Gasteiger partial charge in [0.15, 0.2) is 0 Å². The monoisotopic (exact) mass is 471 g/mol. The largest absolute Gasteiger partial charge is 0.416 e. The molecular formula is C27H28F3NOS. The van der Waals surface area contributed by atoms with Gasteiger partial charge in [0.1, 0.15) is 0 Å². The van der Waals surface area contributed by atoms with Crippen molar-refractivity contribution in [3.8, 4) is 0 Å². The average molecular weight is 472 g/mol. The summed E-state index contributed by atoms with van der Waals surface area (Å²) >= 11 is 3.86. The number of alkyl halides is 3. The molecule has 1 saturated heterocycles. The molecule has 3 aromatic carbocycles. The highest BCUT2D eigenvalue weighted by Gasteiger charge is 2.34. The first-order valence-corrected chi connectivity index (χ1v) is 11.7. The van der Waals surface area contributed by atoms with Crippen molar-refractivity contribution in [3.63, 3.8) is 0 Å². The average Bonchev–Trinajstić information content (AvgIpc) is 2.96. The summed E-state index contributed by atoms with van der Waals surface area (Å²) in [5.74, 6) is 0.321. The summed E-state index contributed by atoms with van der Waals surface area (Å²) in [5, 5.41) is 0. The standard InChI is InChI=1S/C20H23NO.C7H5F3S/c21-16-11-12-22-19(13-16)20-17-7-3-1-5-14(17)9-10-15-6-2-4-8-18(15)20;8-7(9,10)5-1-3-6(11)4-2-5/h1-8,16,19-20H,9-13,21H2;1-4,11H. The van der Waals surface area contributed by atoms with Gasteiger partial charge in [-0.3, -0.25) is 0 Å². The van der Waals surface area contributed by atoms with Gasteiger partial charge in [-0.25, -0.2) is 0 Å². The number of fused-ring (bicyclic) bond motifs is 2. The van der Waals surface area contributed by atoms with E-state index in [0.29, 0.717) is 10.8 Å². The Hall–Kier alpha value is -2.28. The molecule has 2 nitrogen and oxygen atoms in total. The minimum Gasteiger partial charge on any atom is -0.377 e. The van der Waals surface area contributed by atoms with E-state index in [-0.39, 0.29) is 12.1 Å². The number of thiol groups is 1. The second-order valence-corrected chi connectivity index (χ2v) is 9.13. The van der Waals surface area contributed by atoms with Crippen LogP contribution in [0, 0.1) is 0 Å². The van der Waals surface area contributed by atoms with Gasteiger partial charge in [0.05, 0.1) is 11.7 Å². The van der Waals surface area contributed by atoms with Crippen molar-refractivity contribution in [2.24, 2.45) is 5.73 Å². The van der Waals surface area contributed by atoms with Gasteiger partial charge in [0, 0.05) is 23.5 Å². The first kappa shape index (κ1) is 23.9. The van der Waals surface area contributed by atoms with E-state index in [1.165, 1.54) is 34.4 Å². The first-order valence-electron chi connectivity index (χ1n) is 11.2. The van der Waals surface area contributed by atoms with Crippen molar-refractivity contribution >= 4 is 12.6 Å². The maximum absolute atomic E-state index is 11.9. The molecule has 1 fully saturated rings. The Kier molecular flexibility index (Phi) is 7.47. The normalized spacial score (nSPS) is 20.6. The minimum absolute atomic E-state index is 0.198. The molecule has 1 aliphatic heterocycles. The maximum atomic E-state index is 11.9. The predicted octanol–water partition coefficient (Wildman–Crippen LogP) is 6.42. The number of aryl methyl sites for hydroxylation is 2. The summed E-state index contributed by atoms with van der Waals surface area (Å²) in [6, 6.07) is 22.6. The summed E-state index contributed by atoms with van der Waals surface area (Å²) in [6.07, 6.45) is 0.107. The van der Waals surface area contributed by atoms with Crippen LogP contribution >= 0.6 is 12.6 Å². The smallest absolute Gasteiger partial charge is 0.377 e. The van der Waals surface area contributed by atoms with Crippen molar-refractivity contribution < 1.29 is 17.9 Å². The number of halogens is 3. The number of nitrogens with two attached hydrogens (primary N) is 1. The van der Waals surface area contributed by atoms with Crippen molar-refractivity contribution in [3.05, 3.63) is 101 Å².